The lowest BCUT2D eigenvalue weighted by Gasteiger charge is -2.37. The molecule has 0 amide bonds. The lowest BCUT2D eigenvalue weighted by Crippen LogP contribution is -2.41. The van der Waals surface area contributed by atoms with Gasteiger partial charge in [-0.25, -0.2) is 4.39 Å². The van der Waals surface area contributed by atoms with E-state index in [1.165, 1.54) is 11.6 Å². The lowest BCUT2D eigenvalue weighted by molar-refractivity contribution is -0.143. The molecule has 1 saturated heterocycles. The summed E-state index contributed by atoms with van der Waals surface area (Å²) in [7, 11) is 0. The van der Waals surface area contributed by atoms with Crippen LogP contribution >= 0.6 is 0 Å². The molecule has 1 aliphatic rings. The van der Waals surface area contributed by atoms with Crippen LogP contribution in [0.25, 0.3) is 0 Å². The number of nitrogens with zero attached hydrogens (tertiary/aromatic N) is 1. The van der Waals surface area contributed by atoms with Crippen LogP contribution < -0.4 is 0 Å². The molecule has 1 fully saturated rings. The number of hydrogen-bond acceptors (Lipinski definition) is 2. The summed E-state index contributed by atoms with van der Waals surface area (Å²) in [6.45, 7) is 3.34. The minimum atomic E-state index is -0.749. The number of benzene rings is 2. The minimum Gasteiger partial charge on any atom is -0.481 e. The molecule has 0 saturated carbocycles. The van der Waals surface area contributed by atoms with Gasteiger partial charge in [-0.15, -0.1) is 0 Å². The predicted molar refractivity (Wildman–Crippen MR) is 91.4 cm³/mol. The van der Waals surface area contributed by atoms with Gasteiger partial charge in [-0.3, -0.25) is 9.69 Å². The van der Waals surface area contributed by atoms with E-state index in [9.17, 15) is 14.3 Å². The minimum absolute atomic E-state index is 0.122. The highest BCUT2D eigenvalue weighted by Gasteiger charge is 2.31. The van der Waals surface area contributed by atoms with Crippen molar-refractivity contribution in [2.45, 2.75) is 25.8 Å². The lowest BCUT2D eigenvalue weighted by atomic mass is 9.91. The zero-order valence-electron chi connectivity index (χ0n) is 13.8. The van der Waals surface area contributed by atoms with Crippen molar-refractivity contribution < 1.29 is 14.3 Å². The van der Waals surface area contributed by atoms with E-state index in [-0.39, 0.29) is 17.8 Å². The predicted octanol–water partition coefficient (Wildman–Crippen LogP) is 4.02. The largest absolute Gasteiger partial charge is 0.481 e. The Morgan fingerprint density at radius 1 is 1.21 bits per heavy atom. The molecule has 2 unspecified atom stereocenters. The second kappa shape index (κ2) is 7.14. The first-order valence-corrected chi connectivity index (χ1v) is 8.33. The Morgan fingerprint density at radius 3 is 2.62 bits per heavy atom. The average Bonchev–Trinajstić information content (AvgIpc) is 2.57. The number of carbonyl (C=O) groups is 1. The first-order chi connectivity index (χ1) is 11.5. The summed E-state index contributed by atoms with van der Waals surface area (Å²) in [4.78, 5) is 13.6. The van der Waals surface area contributed by atoms with Crippen LogP contribution in [-0.4, -0.2) is 29.1 Å². The van der Waals surface area contributed by atoms with E-state index in [1.54, 1.807) is 12.1 Å². The third-order valence-corrected chi connectivity index (χ3v) is 4.72. The van der Waals surface area contributed by atoms with Gasteiger partial charge in [-0.1, -0.05) is 42.0 Å². The van der Waals surface area contributed by atoms with Crippen LogP contribution in [0.3, 0.4) is 0 Å². The van der Waals surface area contributed by atoms with Crippen molar-refractivity contribution in [3.63, 3.8) is 0 Å². The zero-order chi connectivity index (χ0) is 17.1. The number of hydrogen-bond donors (Lipinski definition) is 1. The summed E-state index contributed by atoms with van der Waals surface area (Å²) < 4.78 is 13.8. The van der Waals surface area contributed by atoms with E-state index in [1.807, 2.05) is 25.1 Å². The fraction of sp³-hybridized carbons (Fsp3) is 0.350. The molecule has 0 radical (unpaired) electrons. The molecule has 0 aliphatic carbocycles. The van der Waals surface area contributed by atoms with E-state index in [2.05, 4.69) is 17.0 Å². The summed E-state index contributed by atoms with van der Waals surface area (Å²) in [6.07, 6.45) is 1.55. The van der Waals surface area contributed by atoms with Gasteiger partial charge < -0.3 is 5.11 Å². The molecular weight excluding hydrogens is 305 g/mol. The van der Waals surface area contributed by atoms with Crippen LogP contribution in [0, 0.1) is 18.7 Å². The number of carboxylic acids is 1. The average molecular weight is 327 g/mol. The molecular formula is C20H22FNO2. The van der Waals surface area contributed by atoms with E-state index in [0.29, 0.717) is 13.0 Å². The second-order valence-corrected chi connectivity index (χ2v) is 6.54. The summed E-state index contributed by atoms with van der Waals surface area (Å²) in [6, 6.07) is 14.7. The van der Waals surface area contributed by atoms with Crippen LogP contribution in [0.2, 0.25) is 0 Å². The fourth-order valence-electron chi connectivity index (χ4n) is 3.48. The molecule has 0 aromatic heterocycles. The second-order valence-electron chi connectivity index (χ2n) is 6.54. The molecule has 1 N–H and O–H groups in total. The summed E-state index contributed by atoms with van der Waals surface area (Å²) in [5, 5.41) is 9.37. The Balaban J connectivity index is 1.98. The number of rotatable bonds is 4. The van der Waals surface area contributed by atoms with Crippen molar-refractivity contribution in [3.8, 4) is 0 Å². The first-order valence-electron chi connectivity index (χ1n) is 8.33. The van der Waals surface area contributed by atoms with Crippen LogP contribution in [0.15, 0.2) is 48.5 Å². The van der Waals surface area contributed by atoms with Crippen molar-refractivity contribution in [3.05, 3.63) is 71.0 Å². The van der Waals surface area contributed by atoms with Crippen LogP contribution in [0.4, 0.5) is 4.39 Å². The van der Waals surface area contributed by atoms with Crippen molar-refractivity contribution in [2.75, 3.05) is 13.1 Å². The molecule has 1 heterocycles. The molecule has 4 heteroatoms. The maximum atomic E-state index is 13.8. The quantitative estimate of drug-likeness (QED) is 0.922. The molecule has 2 aromatic rings. The molecule has 3 rings (SSSR count). The zero-order valence-corrected chi connectivity index (χ0v) is 13.8. The maximum absolute atomic E-state index is 13.8. The normalized spacial score (nSPS) is 19.8. The molecule has 0 bridgehead atoms. The van der Waals surface area contributed by atoms with E-state index >= 15 is 0 Å². The van der Waals surface area contributed by atoms with Crippen molar-refractivity contribution in [2.24, 2.45) is 5.92 Å². The molecule has 3 nitrogen and oxygen atoms in total. The van der Waals surface area contributed by atoms with Crippen LogP contribution in [-0.2, 0) is 4.79 Å². The highest BCUT2D eigenvalue weighted by molar-refractivity contribution is 5.70. The topological polar surface area (TPSA) is 40.5 Å². The monoisotopic (exact) mass is 327 g/mol. The fourth-order valence-corrected chi connectivity index (χ4v) is 3.48. The summed E-state index contributed by atoms with van der Waals surface area (Å²) in [5.74, 6) is -1.38. The van der Waals surface area contributed by atoms with E-state index < -0.39 is 5.97 Å². The molecule has 0 spiro atoms. The Labute approximate surface area is 141 Å². The van der Waals surface area contributed by atoms with Crippen molar-refractivity contribution >= 4 is 5.97 Å². The Hall–Kier alpha value is -2.20. The summed E-state index contributed by atoms with van der Waals surface area (Å²) in [5.41, 5.74) is 3.10. The molecule has 1 aliphatic heterocycles. The number of piperidine rings is 1. The third-order valence-electron chi connectivity index (χ3n) is 4.72. The van der Waals surface area contributed by atoms with E-state index in [0.717, 1.165) is 24.1 Å². The number of likely N-dealkylation sites (tertiary alicyclic amines) is 1. The highest BCUT2D eigenvalue weighted by Crippen LogP contribution is 2.33. The first kappa shape index (κ1) is 16.7. The third kappa shape index (κ3) is 3.65. The number of aliphatic carboxylic acids is 1. The molecule has 2 aromatic carbocycles. The SMILES string of the molecule is Cc1ccc(C(c2cccc(F)c2)N2CCCC(C(=O)O)C2)cc1. The number of aryl methyl sites for hydroxylation is 1. The standard InChI is InChI=1S/C20H22FNO2/c1-14-7-9-15(10-8-14)19(16-4-2-6-18(21)12-16)22-11-3-5-17(13-22)20(23)24/h2,4,6-10,12,17,19H,3,5,11,13H2,1H3,(H,23,24). The van der Waals surface area contributed by atoms with Gasteiger partial charge >= 0.3 is 5.97 Å². The molecule has 2 atom stereocenters. The van der Waals surface area contributed by atoms with Gasteiger partial charge in [0.1, 0.15) is 5.82 Å². The number of halogens is 1. The van der Waals surface area contributed by atoms with Crippen molar-refractivity contribution in [1.29, 1.82) is 0 Å². The van der Waals surface area contributed by atoms with Gasteiger partial charge in [0.25, 0.3) is 0 Å². The van der Waals surface area contributed by atoms with Crippen LogP contribution in [0.5, 0.6) is 0 Å². The van der Waals surface area contributed by atoms with Gasteiger partial charge in [0, 0.05) is 6.54 Å². The molecule has 126 valence electrons. The smallest absolute Gasteiger partial charge is 0.307 e. The Kier molecular flexibility index (Phi) is 4.95. The van der Waals surface area contributed by atoms with E-state index in [4.69, 9.17) is 0 Å². The van der Waals surface area contributed by atoms with Crippen LogP contribution in [0.1, 0.15) is 35.6 Å². The maximum Gasteiger partial charge on any atom is 0.307 e. The van der Waals surface area contributed by atoms with Gasteiger partial charge in [0.05, 0.1) is 12.0 Å². The van der Waals surface area contributed by atoms with Gasteiger partial charge in [-0.05, 0) is 49.6 Å². The van der Waals surface area contributed by atoms with Gasteiger partial charge in [0.15, 0.2) is 0 Å². The Bertz CT molecular complexity index is 714. The Morgan fingerprint density at radius 2 is 1.96 bits per heavy atom. The molecule has 24 heavy (non-hydrogen) atoms. The van der Waals surface area contributed by atoms with Gasteiger partial charge in [-0.2, -0.15) is 0 Å². The number of carboxylic acid groups (broad SMARTS) is 1. The highest BCUT2D eigenvalue weighted by atomic mass is 19.1. The summed E-state index contributed by atoms with van der Waals surface area (Å²) >= 11 is 0. The van der Waals surface area contributed by atoms with Crippen molar-refractivity contribution in [1.82, 2.24) is 4.90 Å². The van der Waals surface area contributed by atoms with Gasteiger partial charge in [0.2, 0.25) is 0 Å².